The summed E-state index contributed by atoms with van der Waals surface area (Å²) in [5.74, 6) is 0.717. The minimum absolute atomic E-state index is 0.112. The van der Waals surface area contributed by atoms with E-state index in [0.29, 0.717) is 16.7 Å². The first kappa shape index (κ1) is 18.8. The highest BCUT2D eigenvalue weighted by atomic mass is 35.5. The van der Waals surface area contributed by atoms with Gasteiger partial charge in [0.1, 0.15) is 5.82 Å². The molecule has 1 aromatic carbocycles. The second-order valence-electron chi connectivity index (χ2n) is 6.99. The minimum atomic E-state index is -0.216. The molecule has 0 fully saturated rings. The number of amides is 1. The van der Waals surface area contributed by atoms with Crippen LogP contribution in [0.4, 0.5) is 5.82 Å². The molecular formula is C20H15Cl2N7O. The fourth-order valence-corrected chi connectivity index (χ4v) is 4.03. The summed E-state index contributed by atoms with van der Waals surface area (Å²) in [5, 5.41) is 23.8. The molecule has 2 N–H and O–H groups in total. The van der Waals surface area contributed by atoms with E-state index in [2.05, 4.69) is 30.8 Å². The van der Waals surface area contributed by atoms with Gasteiger partial charge < -0.3 is 5.32 Å². The van der Waals surface area contributed by atoms with Crippen molar-refractivity contribution in [1.29, 1.82) is 0 Å². The third-order valence-electron chi connectivity index (χ3n) is 5.11. The Morgan fingerprint density at radius 2 is 1.90 bits per heavy atom. The number of aryl methyl sites for hydroxylation is 1. The molecule has 1 aliphatic rings. The van der Waals surface area contributed by atoms with Gasteiger partial charge in [0.25, 0.3) is 0 Å². The normalized spacial score (nSPS) is 15.7. The molecule has 0 spiro atoms. The van der Waals surface area contributed by atoms with Crippen LogP contribution in [0.3, 0.4) is 0 Å². The summed E-state index contributed by atoms with van der Waals surface area (Å²) in [6.45, 7) is 1.91. The highest BCUT2D eigenvalue weighted by Gasteiger charge is 2.35. The van der Waals surface area contributed by atoms with E-state index in [1.807, 2.05) is 31.2 Å². The van der Waals surface area contributed by atoms with Crippen molar-refractivity contribution in [3.8, 4) is 17.1 Å². The molecule has 30 heavy (non-hydrogen) atoms. The molecule has 0 saturated carbocycles. The summed E-state index contributed by atoms with van der Waals surface area (Å²) < 4.78 is 1.58. The number of hydrogen-bond donors (Lipinski definition) is 2. The highest BCUT2D eigenvalue weighted by Crippen LogP contribution is 2.42. The number of benzene rings is 1. The number of carbonyl (C=O) groups is 1. The number of carbonyl (C=O) groups excluding carboxylic acids is 1. The van der Waals surface area contributed by atoms with Crippen LogP contribution in [-0.2, 0) is 4.79 Å². The van der Waals surface area contributed by atoms with E-state index in [4.69, 9.17) is 23.2 Å². The lowest BCUT2D eigenvalue weighted by Crippen LogP contribution is -2.25. The first-order chi connectivity index (χ1) is 14.5. The zero-order valence-corrected chi connectivity index (χ0v) is 17.2. The van der Waals surface area contributed by atoms with Crippen molar-refractivity contribution in [2.45, 2.75) is 19.3 Å². The van der Waals surface area contributed by atoms with E-state index >= 15 is 0 Å². The number of aromatic amines is 1. The summed E-state index contributed by atoms with van der Waals surface area (Å²) in [7, 11) is 0. The number of nitrogens with zero attached hydrogens (tertiary/aromatic N) is 5. The van der Waals surface area contributed by atoms with Crippen LogP contribution in [0.5, 0.6) is 0 Å². The van der Waals surface area contributed by atoms with Crippen LogP contribution in [-0.4, -0.2) is 36.1 Å². The number of rotatable bonds is 3. The monoisotopic (exact) mass is 439 g/mol. The molecule has 4 heterocycles. The average molecular weight is 440 g/mol. The van der Waals surface area contributed by atoms with Crippen molar-refractivity contribution in [1.82, 2.24) is 30.2 Å². The van der Waals surface area contributed by atoms with Crippen molar-refractivity contribution in [2.75, 3.05) is 5.32 Å². The van der Waals surface area contributed by atoms with E-state index in [1.165, 1.54) is 0 Å². The Kier molecular flexibility index (Phi) is 4.52. The van der Waals surface area contributed by atoms with E-state index in [9.17, 15) is 4.79 Å². The third-order valence-corrected chi connectivity index (χ3v) is 5.57. The lowest BCUT2D eigenvalue weighted by Gasteiger charge is -2.24. The zero-order valence-electron chi connectivity index (χ0n) is 15.7. The number of anilines is 1. The second-order valence-corrected chi connectivity index (χ2v) is 7.81. The number of hydrogen-bond acceptors (Lipinski definition) is 5. The van der Waals surface area contributed by atoms with Crippen molar-refractivity contribution in [2.24, 2.45) is 0 Å². The third kappa shape index (κ3) is 3.14. The van der Waals surface area contributed by atoms with E-state index < -0.39 is 0 Å². The van der Waals surface area contributed by atoms with Gasteiger partial charge in [-0.1, -0.05) is 35.3 Å². The van der Waals surface area contributed by atoms with Crippen LogP contribution in [0.2, 0.25) is 10.2 Å². The van der Waals surface area contributed by atoms with Gasteiger partial charge in [0.05, 0.1) is 17.6 Å². The largest absolute Gasteiger partial charge is 0.310 e. The summed E-state index contributed by atoms with van der Waals surface area (Å²) in [5.41, 5.74) is 4.40. The zero-order chi connectivity index (χ0) is 20.8. The predicted molar refractivity (Wildman–Crippen MR) is 113 cm³/mol. The maximum absolute atomic E-state index is 12.6. The van der Waals surface area contributed by atoms with Gasteiger partial charge in [-0.25, -0.2) is 0 Å². The Labute approximate surface area is 181 Å². The standard InChI is InChI=1S/C20H15Cl2N7O/c1-10-18-13(14-9-23-27-19(14)11-2-4-12(21)5-3-11)8-17(30)24-20(18)29(28-10)16-7-6-15(22)25-26-16/h2-7,9,13H,8H2,1H3,(H,23,27)(H,24,30). The summed E-state index contributed by atoms with van der Waals surface area (Å²) in [4.78, 5) is 12.6. The average Bonchev–Trinajstić information content (AvgIpc) is 3.34. The molecule has 150 valence electrons. The van der Waals surface area contributed by atoms with Crippen LogP contribution in [0, 0.1) is 6.92 Å². The number of halogens is 2. The van der Waals surface area contributed by atoms with Crippen molar-refractivity contribution in [3.05, 3.63) is 69.6 Å². The molecule has 1 amide bonds. The van der Waals surface area contributed by atoms with Crippen molar-refractivity contribution in [3.63, 3.8) is 0 Å². The van der Waals surface area contributed by atoms with Gasteiger partial charge in [0.15, 0.2) is 11.0 Å². The predicted octanol–water partition coefficient (Wildman–Crippen LogP) is 4.14. The Hall–Kier alpha value is -3.23. The fourth-order valence-electron chi connectivity index (χ4n) is 3.81. The Morgan fingerprint density at radius 1 is 1.10 bits per heavy atom. The van der Waals surface area contributed by atoms with Crippen LogP contribution in [0.15, 0.2) is 42.6 Å². The van der Waals surface area contributed by atoms with E-state index in [0.717, 1.165) is 28.1 Å². The topological polar surface area (TPSA) is 101 Å². The molecular weight excluding hydrogens is 425 g/mol. The maximum atomic E-state index is 12.6. The molecule has 10 heteroatoms. The van der Waals surface area contributed by atoms with Gasteiger partial charge in [-0.15, -0.1) is 10.2 Å². The molecule has 1 unspecified atom stereocenters. The highest BCUT2D eigenvalue weighted by molar-refractivity contribution is 6.30. The van der Waals surface area contributed by atoms with Gasteiger partial charge in [-0.2, -0.15) is 14.9 Å². The molecule has 0 aliphatic carbocycles. The Morgan fingerprint density at radius 3 is 2.63 bits per heavy atom. The molecule has 0 bridgehead atoms. The first-order valence-electron chi connectivity index (χ1n) is 9.19. The number of nitrogens with one attached hydrogen (secondary N) is 2. The van der Waals surface area contributed by atoms with Crippen LogP contribution < -0.4 is 5.32 Å². The lowest BCUT2D eigenvalue weighted by molar-refractivity contribution is -0.116. The van der Waals surface area contributed by atoms with E-state index in [-0.39, 0.29) is 23.4 Å². The van der Waals surface area contributed by atoms with Crippen LogP contribution in [0.25, 0.3) is 17.1 Å². The molecule has 3 aromatic heterocycles. The lowest BCUT2D eigenvalue weighted by atomic mass is 9.85. The molecule has 5 rings (SSSR count). The van der Waals surface area contributed by atoms with Gasteiger partial charge in [-0.05, 0) is 36.8 Å². The summed E-state index contributed by atoms with van der Waals surface area (Å²) >= 11 is 11.9. The number of H-pyrrole nitrogens is 1. The van der Waals surface area contributed by atoms with Gasteiger partial charge in [0.2, 0.25) is 5.91 Å². The number of fused-ring (bicyclic) bond motifs is 1. The van der Waals surface area contributed by atoms with Gasteiger partial charge in [-0.3, -0.25) is 9.89 Å². The summed E-state index contributed by atoms with van der Waals surface area (Å²) in [6, 6.07) is 10.8. The Bertz CT molecular complexity index is 1250. The Balaban J connectivity index is 1.64. The van der Waals surface area contributed by atoms with E-state index in [1.54, 1.807) is 23.0 Å². The number of aromatic nitrogens is 6. The van der Waals surface area contributed by atoms with Crippen molar-refractivity contribution < 1.29 is 4.79 Å². The van der Waals surface area contributed by atoms with Gasteiger partial charge in [0, 0.05) is 28.5 Å². The fraction of sp³-hybridized carbons (Fsp3) is 0.150. The van der Waals surface area contributed by atoms with Crippen LogP contribution >= 0.6 is 23.2 Å². The quantitative estimate of drug-likeness (QED) is 0.499. The minimum Gasteiger partial charge on any atom is -0.310 e. The molecule has 1 atom stereocenters. The van der Waals surface area contributed by atoms with Gasteiger partial charge >= 0.3 is 0 Å². The van der Waals surface area contributed by atoms with Crippen LogP contribution in [0.1, 0.15) is 29.2 Å². The molecule has 8 nitrogen and oxygen atoms in total. The first-order valence-corrected chi connectivity index (χ1v) is 9.95. The maximum Gasteiger partial charge on any atom is 0.226 e. The van der Waals surface area contributed by atoms with Crippen molar-refractivity contribution >= 4 is 34.9 Å². The SMILES string of the molecule is Cc1nn(-c2ccc(Cl)nn2)c2c1C(c1cn[nH]c1-c1ccc(Cl)cc1)CC(=O)N2. The molecule has 1 aliphatic heterocycles. The molecule has 0 radical (unpaired) electrons. The second kappa shape index (κ2) is 7.23. The smallest absolute Gasteiger partial charge is 0.226 e. The molecule has 0 saturated heterocycles. The molecule has 4 aromatic rings. The summed E-state index contributed by atoms with van der Waals surface area (Å²) in [6.07, 6.45) is 2.04.